The number of aliphatic carboxylic acids is 1. The Bertz CT molecular complexity index is 900. The van der Waals surface area contributed by atoms with E-state index in [0.29, 0.717) is 30.8 Å². The van der Waals surface area contributed by atoms with E-state index in [1.165, 1.54) is 17.5 Å². The van der Waals surface area contributed by atoms with Crippen LogP contribution in [-0.4, -0.2) is 46.0 Å². The van der Waals surface area contributed by atoms with Crippen molar-refractivity contribution < 1.29 is 9.90 Å². The van der Waals surface area contributed by atoms with E-state index < -0.39 is 11.5 Å². The monoisotopic (exact) mass is 448 g/mol. The molecule has 4 atom stereocenters. The van der Waals surface area contributed by atoms with Crippen LogP contribution in [0.1, 0.15) is 51.2 Å². The van der Waals surface area contributed by atoms with E-state index >= 15 is 0 Å². The van der Waals surface area contributed by atoms with Crippen LogP contribution in [-0.2, 0) is 17.9 Å². The summed E-state index contributed by atoms with van der Waals surface area (Å²) < 4.78 is 0. The molecule has 2 aromatic rings. The Balaban J connectivity index is 1.72. The first kappa shape index (κ1) is 24.0. The van der Waals surface area contributed by atoms with Crippen molar-refractivity contribution in [3.63, 3.8) is 0 Å². The van der Waals surface area contributed by atoms with E-state index in [4.69, 9.17) is 0 Å². The van der Waals surface area contributed by atoms with Gasteiger partial charge in [-0.3, -0.25) is 14.6 Å². The molecule has 1 saturated carbocycles. The third-order valence-corrected chi connectivity index (χ3v) is 8.19. The van der Waals surface area contributed by atoms with Crippen molar-refractivity contribution in [2.24, 2.45) is 23.7 Å². The van der Waals surface area contributed by atoms with E-state index in [1.807, 2.05) is 12.1 Å². The van der Waals surface area contributed by atoms with Gasteiger partial charge in [0.1, 0.15) is 5.54 Å². The first-order valence-electron chi connectivity index (χ1n) is 12.7. The van der Waals surface area contributed by atoms with Crippen LogP contribution in [0.25, 0.3) is 0 Å². The molecular weight excluding hydrogens is 408 g/mol. The maximum Gasteiger partial charge on any atom is 0.325 e. The number of carboxylic acid groups (broad SMARTS) is 1. The Hall–Kier alpha value is -2.17. The van der Waals surface area contributed by atoms with Gasteiger partial charge in [-0.25, -0.2) is 0 Å². The van der Waals surface area contributed by atoms with Gasteiger partial charge in [0.15, 0.2) is 0 Å². The first-order valence-corrected chi connectivity index (χ1v) is 12.7. The molecule has 3 unspecified atom stereocenters. The van der Waals surface area contributed by atoms with E-state index in [2.05, 4.69) is 79.1 Å². The zero-order valence-electron chi connectivity index (χ0n) is 20.5. The van der Waals surface area contributed by atoms with E-state index in [9.17, 15) is 9.90 Å². The Morgan fingerprint density at radius 2 is 1.58 bits per heavy atom. The average Bonchev–Trinajstić information content (AvgIpc) is 2.81. The van der Waals surface area contributed by atoms with Gasteiger partial charge in [0, 0.05) is 32.7 Å². The summed E-state index contributed by atoms with van der Waals surface area (Å²) in [5, 5.41) is 11.0. The summed E-state index contributed by atoms with van der Waals surface area (Å²) in [6, 6.07) is 20.9. The molecule has 2 fully saturated rings. The van der Waals surface area contributed by atoms with Gasteiger partial charge in [0.05, 0.1) is 0 Å². The van der Waals surface area contributed by atoms with Crippen molar-refractivity contribution in [2.45, 2.75) is 58.7 Å². The number of hydrogen-bond donors (Lipinski definition) is 1. The van der Waals surface area contributed by atoms with E-state index in [-0.39, 0.29) is 5.92 Å². The van der Waals surface area contributed by atoms with Gasteiger partial charge in [-0.05, 0) is 47.6 Å². The lowest BCUT2D eigenvalue weighted by molar-refractivity contribution is -0.171. The standard InChI is InChI=1S/C29H40N2O2/c1-22(2)26-15-14-23(3)18-27(26)29(28(32)33)21-30(19-24-10-6-4-7-11-24)16-17-31(29)20-25-12-8-5-9-13-25/h4-13,22-23,26-27H,14-21H2,1-3H3,(H,32,33)/t23?,26?,27?,29-/m1/s1. The number of carbonyl (C=O) groups is 1. The normalized spacial score (nSPS) is 29.3. The molecular formula is C29H40N2O2. The SMILES string of the molecule is CC1CCC(C(C)C)C([C@@]2(C(=O)O)CN(Cc3ccccc3)CCN2Cc2ccccc2)C1. The molecule has 0 radical (unpaired) electrons. The number of nitrogens with zero attached hydrogens (tertiary/aromatic N) is 2. The highest BCUT2D eigenvalue weighted by Gasteiger charge is 2.56. The summed E-state index contributed by atoms with van der Waals surface area (Å²) in [6.07, 6.45) is 3.34. The predicted octanol–water partition coefficient (Wildman–Crippen LogP) is 5.54. The number of hydrogen-bond acceptors (Lipinski definition) is 3. The molecule has 33 heavy (non-hydrogen) atoms. The zero-order chi connectivity index (χ0) is 23.4. The summed E-state index contributed by atoms with van der Waals surface area (Å²) in [4.78, 5) is 18.1. The summed E-state index contributed by atoms with van der Waals surface area (Å²) in [7, 11) is 0. The highest BCUT2D eigenvalue weighted by molar-refractivity contribution is 5.80. The van der Waals surface area contributed by atoms with Crippen LogP contribution in [0.4, 0.5) is 0 Å². The fourth-order valence-corrected chi connectivity index (χ4v) is 6.45. The van der Waals surface area contributed by atoms with Crippen LogP contribution < -0.4 is 0 Å². The predicted molar refractivity (Wildman–Crippen MR) is 134 cm³/mol. The van der Waals surface area contributed by atoms with Crippen LogP contribution >= 0.6 is 0 Å². The molecule has 4 rings (SSSR count). The molecule has 178 valence electrons. The Kier molecular flexibility index (Phi) is 7.55. The van der Waals surface area contributed by atoms with Gasteiger partial charge in [-0.1, -0.05) is 87.9 Å². The minimum atomic E-state index is -0.869. The second-order valence-electron chi connectivity index (χ2n) is 10.8. The summed E-state index contributed by atoms with van der Waals surface area (Å²) in [5.74, 6) is 1.01. The first-order chi connectivity index (χ1) is 15.9. The third kappa shape index (κ3) is 5.17. The lowest BCUT2D eigenvalue weighted by Crippen LogP contribution is -2.70. The number of piperazine rings is 1. The molecule has 0 bridgehead atoms. The molecule has 4 heteroatoms. The van der Waals surface area contributed by atoms with Gasteiger partial charge >= 0.3 is 5.97 Å². The minimum absolute atomic E-state index is 0.154. The largest absolute Gasteiger partial charge is 0.480 e. The quantitative estimate of drug-likeness (QED) is 0.604. The Morgan fingerprint density at radius 3 is 2.15 bits per heavy atom. The fourth-order valence-electron chi connectivity index (χ4n) is 6.45. The number of benzene rings is 2. The topological polar surface area (TPSA) is 43.8 Å². The highest BCUT2D eigenvalue weighted by atomic mass is 16.4. The van der Waals surface area contributed by atoms with Crippen molar-refractivity contribution in [1.29, 1.82) is 0 Å². The van der Waals surface area contributed by atoms with Crippen LogP contribution in [0.3, 0.4) is 0 Å². The summed E-state index contributed by atoms with van der Waals surface area (Å²) in [6.45, 7) is 10.7. The maximum absolute atomic E-state index is 13.4. The second-order valence-corrected chi connectivity index (χ2v) is 10.8. The Labute approximate surface area is 199 Å². The van der Waals surface area contributed by atoms with Crippen LogP contribution in [0.5, 0.6) is 0 Å². The second kappa shape index (κ2) is 10.4. The van der Waals surface area contributed by atoms with Crippen molar-refractivity contribution in [3.05, 3.63) is 71.8 Å². The molecule has 2 aromatic carbocycles. The lowest BCUT2D eigenvalue weighted by atomic mass is 9.61. The smallest absolute Gasteiger partial charge is 0.325 e. The minimum Gasteiger partial charge on any atom is -0.480 e. The van der Waals surface area contributed by atoms with Gasteiger partial charge in [0.2, 0.25) is 0 Å². The maximum atomic E-state index is 13.4. The highest BCUT2D eigenvalue weighted by Crippen LogP contribution is 2.47. The van der Waals surface area contributed by atoms with Crippen LogP contribution in [0, 0.1) is 23.7 Å². The third-order valence-electron chi connectivity index (χ3n) is 8.19. The van der Waals surface area contributed by atoms with Crippen molar-refractivity contribution in [1.82, 2.24) is 9.80 Å². The van der Waals surface area contributed by atoms with Gasteiger partial charge < -0.3 is 5.11 Å². The van der Waals surface area contributed by atoms with Crippen LogP contribution in [0.15, 0.2) is 60.7 Å². The molecule has 0 aromatic heterocycles. The molecule has 0 spiro atoms. The Morgan fingerprint density at radius 1 is 0.970 bits per heavy atom. The molecule has 1 aliphatic carbocycles. The zero-order valence-corrected chi connectivity index (χ0v) is 20.5. The van der Waals surface area contributed by atoms with E-state index in [1.54, 1.807) is 0 Å². The van der Waals surface area contributed by atoms with Crippen molar-refractivity contribution >= 4 is 5.97 Å². The molecule has 1 N–H and O–H groups in total. The van der Waals surface area contributed by atoms with Crippen molar-refractivity contribution in [3.8, 4) is 0 Å². The molecule has 2 aliphatic rings. The summed E-state index contributed by atoms with van der Waals surface area (Å²) in [5.41, 5.74) is 1.59. The lowest BCUT2D eigenvalue weighted by Gasteiger charge is -2.56. The summed E-state index contributed by atoms with van der Waals surface area (Å²) >= 11 is 0. The number of rotatable bonds is 7. The van der Waals surface area contributed by atoms with Gasteiger partial charge in [0.25, 0.3) is 0 Å². The molecule has 0 amide bonds. The van der Waals surface area contributed by atoms with Crippen LogP contribution in [0.2, 0.25) is 0 Å². The molecule has 1 saturated heterocycles. The molecule has 1 aliphatic heterocycles. The fraction of sp³-hybridized carbons (Fsp3) is 0.552. The van der Waals surface area contributed by atoms with Crippen molar-refractivity contribution in [2.75, 3.05) is 19.6 Å². The van der Waals surface area contributed by atoms with Gasteiger partial charge in [-0.15, -0.1) is 0 Å². The van der Waals surface area contributed by atoms with Gasteiger partial charge in [-0.2, -0.15) is 0 Å². The average molecular weight is 449 g/mol. The molecule has 1 heterocycles. The molecule has 4 nitrogen and oxygen atoms in total. The number of carboxylic acids is 1. The van der Waals surface area contributed by atoms with E-state index in [0.717, 1.165) is 32.5 Å².